The van der Waals surface area contributed by atoms with Crippen molar-refractivity contribution >= 4 is 33.1 Å². The average molecular weight is 287 g/mol. The van der Waals surface area contributed by atoms with Crippen LogP contribution in [0.3, 0.4) is 0 Å². The highest BCUT2D eigenvalue weighted by Gasteiger charge is 2.39. The van der Waals surface area contributed by atoms with Gasteiger partial charge in [0.15, 0.2) is 0 Å². The SMILES string of the molecule is Nc1c(C(=O)N2CC3CCCC3C2)sc2ncccc12. The van der Waals surface area contributed by atoms with Crippen LogP contribution in [0.15, 0.2) is 18.3 Å². The molecule has 4 rings (SSSR count). The molecule has 5 heteroatoms. The van der Waals surface area contributed by atoms with E-state index in [1.165, 1.54) is 30.6 Å². The molecule has 0 aromatic carbocycles. The molecule has 2 atom stereocenters. The van der Waals surface area contributed by atoms with Crippen LogP contribution in [0, 0.1) is 11.8 Å². The summed E-state index contributed by atoms with van der Waals surface area (Å²) in [6, 6.07) is 3.80. The van der Waals surface area contributed by atoms with E-state index in [1.54, 1.807) is 6.20 Å². The molecule has 2 fully saturated rings. The molecule has 0 spiro atoms. The molecule has 2 N–H and O–H groups in total. The lowest BCUT2D eigenvalue weighted by Crippen LogP contribution is -2.29. The van der Waals surface area contributed by atoms with Gasteiger partial charge in [-0.3, -0.25) is 4.79 Å². The second-order valence-corrected chi connectivity index (χ2v) is 6.86. The third-order valence-corrected chi connectivity index (χ3v) is 5.83. The van der Waals surface area contributed by atoms with Crippen LogP contribution in [0.1, 0.15) is 28.9 Å². The Balaban J connectivity index is 1.66. The van der Waals surface area contributed by atoms with E-state index in [-0.39, 0.29) is 5.91 Å². The first-order chi connectivity index (χ1) is 9.74. The van der Waals surface area contributed by atoms with Crippen LogP contribution in [-0.2, 0) is 0 Å². The first-order valence-corrected chi connectivity index (χ1v) is 7.98. The fourth-order valence-electron chi connectivity index (χ4n) is 3.65. The van der Waals surface area contributed by atoms with Crippen LogP contribution in [-0.4, -0.2) is 28.9 Å². The summed E-state index contributed by atoms with van der Waals surface area (Å²) in [7, 11) is 0. The van der Waals surface area contributed by atoms with Crippen LogP contribution in [0.2, 0.25) is 0 Å². The number of carbonyl (C=O) groups excluding carboxylic acids is 1. The highest BCUT2D eigenvalue weighted by molar-refractivity contribution is 7.21. The number of likely N-dealkylation sites (tertiary alicyclic amines) is 1. The average Bonchev–Trinajstić information content (AvgIpc) is 3.11. The van der Waals surface area contributed by atoms with Gasteiger partial charge in [0.25, 0.3) is 5.91 Å². The van der Waals surface area contributed by atoms with Gasteiger partial charge in [-0.1, -0.05) is 6.42 Å². The van der Waals surface area contributed by atoms with Crippen molar-refractivity contribution in [3.63, 3.8) is 0 Å². The first-order valence-electron chi connectivity index (χ1n) is 7.16. The monoisotopic (exact) mass is 287 g/mol. The Morgan fingerprint density at radius 2 is 2.10 bits per heavy atom. The number of hydrogen-bond donors (Lipinski definition) is 1. The Morgan fingerprint density at radius 3 is 2.80 bits per heavy atom. The van der Waals surface area contributed by atoms with Crippen LogP contribution in [0.25, 0.3) is 10.2 Å². The number of nitrogens with two attached hydrogens (primary N) is 1. The van der Waals surface area contributed by atoms with Crippen molar-refractivity contribution in [1.29, 1.82) is 0 Å². The minimum atomic E-state index is 0.0971. The van der Waals surface area contributed by atoms with Crippen molar-refractivity contribution < 1.29 is 4.79 Å². The summed E-state index contributed by atoms with van der Waals surface area (Å²) in [5.74, 6) is 1.53. The number of pyridine rings is 1. The van der Waals surface area contributed by atoms with Gasteiger partial charge in [0.05, 0.1) is 5.69 Å². The topological polar surface area (TPSA) is 59.2 Å². The summed E-state index contributed by atoms with van der Waals surface area (Å²) >= 11 is 1.42. The molecule has 104 valence electrons. The van der Waals surface area contributed by atoms with Crippen molar-refractivity contribution in [3.8, 4) is 0 Å². The molecule has 1 aliphatic carbocycles. The molecular weight excluding hydrogens is 270 g/mol. The predicted octanol–water partition coefficient (Wildman–Crippen LogP) is 2.75. The summed E-state index contributed by atoms with van der Waals surface area (Å²) in [4.78, 5) is 20.5. The van der Waals surface area contributed by atoms with Gasteiger partial charge in [-0.15, -0.1) is 11.3 Å². The lowest BCUT2D eigenvalue weighted by Gasteiger charge is -2.16. The normalized spacial score (nSPS) is 25.3. The number of nitrogens with zero attached hydrogens (tertiary/aromatic N) is 2. The molecule has 1 amide bonds. The van der Waals surface area contributed by atoms with Crippen LogP contribution in [0.4, 0.5) is 5.69 Å². The van der Waals surface area contributed by atoms with Gasteiger partial charge in [-0.05, 0) is 36.8 Å². The third kappa shape index (κ3) is 1.73. The molecule has 1 aliphatic heterocycles. The third-order valence-electron chi connectivity index (χ3n) is 4.71. The molecular formula is C15H17N3OS. The van der Waals surface area contributed by atoms with E-state index >= 15 is 0 Å². The second-order valence-electron chi connectivity index (χ2n) is 5.86. The minimum Gasteiger partial charge on any atom is -0.397 e. The zero-order valence-electron chi connectivity index (χ0n) is 11.2. The number of nitrogen functional groups attached to an aromatic ring is 1. The Labute approximate surface area is 121 Å². The van der Waals surface area contributed by atoms with Crippen LogP contribution in [0.5, 0.6) is 0 Å². The summed E-state index contributed by atoms with van der Waals surface area (Å²) in [6.45, 7) is 1.81. The van der Waals surface area contributed by atoms with Gasteiger partial charge < -0.3 is 10.6 Å². The maximum Gasteiger partial charge on any atom is 0.266 e. The van der Waals surface area contributed by atoms with Crippen molar-refractivity contribution in [1.82, 2.24) is 9.88 Å². The van der Waals surface area contributed by atoms with Gasteiger partial charge in [0.2, 0.25) is 0 Å². The van der Waals surface area contributed by atoms with Gasteiger partial charge in [0.1, 0.15) is 9.71 Å². The van der Waals surface area contributed by atoms with Crippen LogP contribution < -0.4 is 5.73 Å². The number of rotatable bonds is 1. The van der Waals surface area contributed by atoms with E-state index < -0.39 is 0 Å². The minimum absolute atomic E-state index is 0.0971. The highest BCUT2D eigenvalue weighted by Crippen LogP contribution is 2.40. The van der Waals surface area contributed by atoms with Crippen molar-refractivity contribution in [2.24, 2.45) is 11.8 Å². The summed E-state index contributed by atoms with van der Waals surface area (Å²) in [5, 5.41) is 0.903. The molecule has 3 heterocycles. The number of amides is 1. The van der Waals surface area contributed by atoms with E-state index in [0.717, 1.165) is 23.3 Å². The van der Waals surface area contributed by atoms with E-state index in [1.807, 2.05) is 17.0 Å². The second kappa shape index (κ2) is 4.45. The molecule has 2 aromatic rings. The zero-order chi connectivity index (χ0) is 13.7. The van der Waals surface area contributed by atoms with Crippen LogP contribution >= 0.6 is 11.3 Å². The molecule has 20 heavy (non-hydrogen) atoms. The zero-order valence-corrected chi connectivity index (χ0v) is 12.0. The number of anilines is 1. The molecule has 1 saturated heterocycles. The quantitative estimate of drug-likeness (QED) is 0.877. The highest BCUT2D eigenvalue weighted by atomic mass is 32.1. The van der Waals surface area contributed by atoms with Crippen molar-refractivity contribution in [2.45, 2.75) is 19.3 Å². The van der Waals surface area contributed by atoms with E-state index in [9.17, 15) is 4.79 Å². The fourth-order valence-corrected chi connectivity index (χ4v) is 4.69. The number of hydrogen-bond acceptors (Lipinski definition) is 4. The van der Waals surface area contributed by atoms with Gasteiger partial charge in [0, 0.05) is 24.7 Å². The molecule has 2 aromatic heterocycles. The molecule has 0 bridgehead atoms. The maximum absolute atomic E-state index is 12.7. The fraction of sp³-hybridized carbons (Fsp3) is 0.467. The predicted molar refractivity (Wildman–Crippen MR) is 80.8 cm³/mol. The lowest BCUT2D eigenvalue weighted by molar-refractivity contribution is 0.0786. The summed E-state index contributed by atoms with van der Waals surface area (Å²) in [5.41, 5.74) is 6.74. The molecule has 0 radical (unpaired) electrons. The Morgan fingerprint density at radius 1 is 1.35 bits per heavy atom. The van der Waals surface area contributed by atoms with E-state index in [2.05, 4.69) is 4.98 Å². The largest absolute Gasteiger partial charge is 0.397 e. The number of carbonyl (C=O) groups is 1. The van der Waals surface area contributed by atoms with E-state index in [0.29, 0.717) is 22.4 Å². The van der Waals surface area contributed by atoms with E-state index in [4.69, 9.17) is 5.73 Å². The van der Waals surface area contributed by atoms with Crippen molar-refractivity contribution in [2.75, 3.05) is 18.8 Å². The summed E-state index contributed by atoms with van der Waals surface area (Å²) in [6.07, 6.45) is 5.62. The number of aromatic nitrogens is 1. The lowest BCUT2D eigenvalue weighted by atomic mass is 10.0. The number of fused-ring (bicyclic) bond motifs is 2. The van der Waals surface area contributed by atoms with Gasteiger partial charge >= 0.3 is 0 Å². The standard InChI is InChI=1S/C15H17N3OS/c16-12-11-5-2-6-17-14(11)20-13(12)15(19)18-7-9-3-1-4-10(9)8-18/h2,5-6,9-10H,1,3-4,7-8,16H2. The Hall–Kier alpha value is -1.62. The van der Waals surface area contributed by atoms with Crippen molar-refractivity contribution in [3.05, 3.63) is 23.2 Å². The maximum atomic E-state index is 12.7. The Bertz CT molecular complexity index is 669. The smallest absolute Gasteiger partial charge is 0.266 e. The molecule has 2 aliphatic rings. The van der Waals surface area contributed by atoms with Gasteiger partial charge in [-0.25, -0.2) is 4.98 Å². The van der Waals surface area contributed by atoms with Gasteiger partial charge in [-0.2, -0.15) is 0 Å². The Kier molecular flexibility index (Phi) is 2.70. The first kappa shape index (κ1) is 12.1. The summed E-state index contributed by atoms with van der Waals surface area (Å²) < 4.78 is 0. The molecule has 1 saturated carbocycles. The molecule has 4 nitrogen and oxygen atoms in total. The number of thiophene rings is 1. The molecule has 2 unspecified atom stereocenters.